The summed E-state index contributed by atoms with van der Waals surface area (Å²) in [5, 5.41) is 4.71. The molecular weight excluding hydrogens is 184 g/mol. The Morgan fingerprint density at radius 3 is 2.20 bits per heavy atom. The Morgan fingerprint density at radius 2 is 1.73 bits per heavy atom. The molecule has 0 radical (unpaired) electrons. The third-order valence-corrected chi connectivity index (χ3v) is 2.48. The minimum Gasteiger partial charge on any atom is -0.264 e. The van der Waals surface area contributed by atoms with Gasteiger partial charge in [-0.15, -0.1) is 0 Å². The predicted octanol–water partition coefficient (Wildman–Crippen LogP) is 3.54. The monoisotopic (exact) mass is 208 g/mol. The van der Waals surface area contributed by atoms with Gasteiger partial charge in [0.05, 0.1) is 11.2 Å². The van der Waals surface area contributed by atoms with E-state index >= 15 is 0 Å². The van der Waals surface area contributed by atoms with E-state index < -0.39 is 0 Å². The molecule has 15 heavy (non-hydrogen) atoms. The van der Waals surface area contributed by atoms with E-state index in [4.69, 9.17) is 5.10 Å². The molecule has 0 saturated carbocycles. The molecule has 0 bridgehead atoms. The van der Waals surface area contributed by atoms with Crippen molar-refractivity contribution in [2.45, 2.75) is 65.8 Å². The van der Waals surface area contributed by atoms with E-state index in [1.165, 1.54) is 24.2 Å². The second-order valence-electron chi connectivity index (χ2n) is 5.21. The summed E-state index contributed by atoms with van der Waals surface area (Å²) < 4.78 is 2.20. The van der Waals surface area contributed by atoms with Crippen molar-refractivity contribution in [2.24, 2.45) is 0 Å². The zero-order chi connectivity index (χ0) is 11.5. The number of nitrogens with zero attached hydrogens (tertiary/aromatic N) is 2. The van der Waals surface area contributed by atoms with Gasteiger partial charge in [-0.2, -0.15) is 5.10 Å². The van der Waals surface area contributed by atoms with E-state index in [1.807, 2.05) is 0 Å². The van der Waals surface area contributed by atoms with Crippen LogP contribution < -0.4 is 0 Å². The van der Waals surface area contributed by atoms with Gasteiger partial charge in [0.2, 0.25) is 0 Å². The van der Waals surface area contributed by atoms with Crippen LogP contribution in [0.15, 0.2) is 6.07 Å². The molecule has 0 fully saturated rings. The third-order valence-electron chi connectivity index (χ3n) is 2.48. The molecule has 1 aromatic rings. The van der Waals surface area contributed by atoms with E-state index in [-0.39, 0.29) is 5.54 Å². The molecule has 2 nitrogen and oxygen atoms in total. The molecule has 0 unspecified atom stereocenters. The molecule has 0 amide bonds. The molecule has 1 heterocycles. The highest BCUT2D eigenvalue weighted by atomic mass is 15.3. The van der Waals surface area contributed by atoms with E-state index in [0.29, 0.717) is 0 Å². The molecule has 86 valence electrons. The topological polar surface area (TPSA) is 17.8 Å². The van der Waals surface area contributed by atoms with Gasteiger partial charge in [-0.05, 0) is 39.7 Å². The van der Waals surface area contributed by atoms with Crippen molar-refractivity contribution < 1.29 is 0 Å². The average Bonchev–Trinajstić information content (AvgIpc) is 2.49. The van der Waals surface area contributed by atoms with Crippen LogP contribution in [0.5, 0.6) is 0 Å². The number of rotatable bonds is 4. The van der Waals surface area contributed by atoms with E-state index in [0.717, 1.165) is 12.8 Å². The number of aromatic nitrogens is 2. The summed E-state index contributed by atoms with van der Waals surface area (Å²) >= 11 is 0. The van der Waals surface area contributed by atoms with Gasteiger partial charge < -0.3 is 0 Å². The summed E-state index contributed by atoms with van der Waals surface area (Å²) in [6.45, 7) is 11.1. The molecule has 0 saturated heterocycles. The Kier molecular flexibility index (Phi) is 3.95. The van der Waals surface area contributed by atoms with Gasteiger partial charge in [0.15, 0.2) is 0 Å². The summed E-state index contributed by atoms with van der Waals surface area (Å²) in [4.78, 5) is 0. The van der Waals surface area contributed by atoms with Crippen LogP contribution in [0.4, 0.5) is 0 Å². The summed E-state index contributed by atoms with van der Waals surface area (Å²) in [5.41, 5.74) is 2.74. The second kappa shape index (κ2) is 4.82. The lowest BCUT2D eigenvalue weighted by Crippen LogP contribution is -2.25. The molecule has 0 atom stereocenters. The smallest absolute Gasteiger partial charge is 0.0627 e. The van der Waals surface area contributed by atoms with Gasteiger partial charge in [-0.3, -0.25) is 4.68 Å². The summed E-state index contributed by atoms with van der Waals surface area (Å²) in [6, 6.07) is 2.28. The first-order valence-corrected chi connectivity index (χ1v) is 6.07. The number of hydrogen-bond acceptors (Lipinski definition) is 1. The highest BCUT2D eigenvalue weighted by molar-refractivity contribution is 5.12. The van der Waals surface area contributed by atoms with Crippen LogP contribution in [-0.4, -0.2) is 9.78 Å². The zero-order valence-corrected chi connectivity index (χ0v) is 10.8. The van der Waals surface area contributed by atoms with Crippen molar-refractivity contribution in [3.63, 3.8) is 0 Å². The highest BCUT2D eigenvalue weighted by Crippen LogP contribution is 2.19. The molecule has 0 aliphatic carbocycles. The standard InChI is InChI=1S/C13H24N2/c1-6-8-11-10-12(9-7-2)15(14-11)13(3,4)5/h10H,6-9H2,1-5H3. The van der Waals surface area contributed by atoms with Crippen molar-refractivity contribution in [1.29, 1.82) is 0 Å². The van der Waals surface area contributed by atoms with Crippen LogP contribution in [-0.2, 0) is 18.4 Å². The van der Waals surface area contributed by atoms with Gasteiger partial charge in [-0.25, -0.2) is 0 Å². The van der Waals surface area contributed by atoms with Crippen molar-refractivity contribution in [1.82, 2.24) is 9.78 Å². The Labute approximate surface area is 93.7 Å². The molecule has 0 spiro atoms. The molecule has 1 rings (SSSR count). The van der Waals surface area contributed by atoms with Crippen molar-refractivity contribution in [2.75, 3.05) is 0 Å². The summed E-state index contributed by atoms with van der Waals surface area (Å²) in [6.07, 6.45) is 4.59. The predicted molar refractivity (Wildman–Crippen MR) is 65.2 cm³/mol. The minimum absolute atomic E-state index is 0.108. The minimum atomic E-state index is 0.108. The average molecular weight is 208 g/mol. The van der Waals surface area contributed by atoms with Crippen LogP contribution in [0.3, 0.4) is 0 Å². The summed E-state index contributed by atoms with van der Waals surface area (Å²) in [7, 11) is 0. The quantitative estimate of drug-likeness (QED) is 0.740. The van der Waals surface area contributed by atoms with Gasteiger partial charge in [0, 0.05) is 5.69 Å². The Morgan fingerprint density at radius 1 is 1.13 bits per heavy atom. The van der Waals surface area contributed by atoms with Crippen LogP contribution in [0.2, 0.25) is 0 Å². The molecule has 0 aromatic carbocycles. The van der Waals surface area contributed by atoms with Crippen molar-refractivity contribution in [3.8, 4) is 0 Å². The second-order valence-corrected chi connectivity index (χ2v) is 5.21. The molecule has 2 heteroatoms. The normalized spacial score (nSPS) is 12.1. The van der Waals surface area contributed by atoms with Gasteiger partial charge >= 0.3 is 0 Å². The maximum atomic E-state index is 4.71. The van der Waals surface area contributed by atoms with E-state index in [9.17, 15) is 0 Å². The molecule has 0 aliphatic rings. The maximum absolute atomic E-state index is 4.71. The Hall–Kier alpha value is -0.790. The Bertz CT molecular complexity index is 305. The van der Waals surface area contributed by atoms with Crippen LogP contribution in [0.25, 0.3) is 0 Å². The summed E-state index contributed by atoms with van der Waals surface area (Å²) in [5.74, 6) is 0. The fourth-order valence-corrected chi connectivity index (χ4v) is 1.87. The van der Waals surface area contributed by atoms with Crippen LogP contribution in [0, 0.1) is 0 Å². The highest BCUT2D eigenvalue weighted by Gasteiger charge is 2.18. The van der Waals surface area contributed by atoms with Gasteiger partial charge in [0.1, 0.15) is 0 Å². The number of aryl methyl sites for hydroxylation is 2. The fourth-order valence-electron chi connectivity index (χ4n) is 1.87. The first kappa shape index (κ1) is 12.3. The SMILES string of the molecule is CCCc1cc(CCC)n(C(C)(C)C)n1. The van der Waals surface area contributed by atoms with Gasteiger partial charge in [0.25, 0.3) is 0 Å². The molecule has 0 N–H and O–H groups in total. The van der Waals surface area contributed by atoms with Crippen molar-refractivity contribution >= 4 is 0 Å². The first-order chi connectivity index (χ1) is 6.99. The fraction of sp³-hybridized carbons (Fsp3) is 0.769. The maximum Gasteiger partial charge on any atom is 0.0627 e. The van der Waals surface area contributed by atoms with E-state index in [2.05, 4.69) is 45.4 Å². The molecular formula is C13H24N2. The molecule has 0 aliphatic heterocycles. The van der Waals surface area contributed by atoms with Crippen LogP contribution >= 0.6 is 0 Å². The lowest BCUT2D eigenvalue weighted by Gasteiger charge is -2.22. The third kappa shape index (κ3) is 3.08. The molecule has 1 aromatic heterocycles. The lowest BCUT2D eigenvalue weighted by atomic mass is 10.1. The number of hydrogen-bond donors (Lipinski definition) is 0. The van der Waals surface area contributed by atoms with Crippen molar-refractivity contribution in [3.05, 3.63) is 17.5 Å². The van der Waals surface area contributed by atoms with Gasteiger partial charge in [-0.1, -0.05) is 26.7 Å². The first-order valence-electron chi connectivity index (χ1n) is 6.07. The largest absolute Gasteiger partial charge is 0.264 e. The zero-order valence-electron chi connectivity index (χ0n) is 10.8. The van der Waals surface area contributed by atoms with E-state index in [1.54, 1.807) is 0 Å². The lowest BCUT2D eigenvalue weighted by molar-refractivity contribution is 0.341. The van der Waals surface area contributed by atoms with Crippen LogP contribution in [0.1, 0.15) is 58.8 Å². The Balaban J connectivity index is 3.00.